The fraction of sp³-hybridized carbons (Fsp3) is 0.857. The van der Waals surface area contributed by atoms with Crippen LogP contribution in [-0.2, 0) is 21.6 Å². The normalized spacial score (nSPS) is 21.0. The third kappa shape index (κ3) is 4.09. The molecule has 0 radical (unpaired) electrons. The van der Waals surface area contributed by atoms with Gasteiger partial charge in [-0.3, -0.25) is 0 Å². The molecule has 1 aromatic rings. The van der Waals surface area contributed by atoms with Crippen molar-refractivity contribution in [1.29, 1.82) is 0 Å². The van der Waals surface area contributed by atoms with Gasteiger partial charge >= 0.3 is 0 Å². The zero-order valence-electron chi connectivity index (χ0n) is 14.2. The Labute approximate surface area is 138 Å². The molecular formula is C14H26N4O4S. The van der Waals surface area contributed by atoms with Gasteiger partial charge in [0.2, 0.25) is 0 Å². The minimum atomic E-state index is -3.57. The zero-order valence-corrected chi connectivity index (χ0v) is 15.0. The van der Waals surface area contributed by atoms with Crippen molar-refractivity contribution in [2.75, 3.05) is 20.7 Å². The van der Waals surface area contributed by atoms with Crippen molar-refractivity contribution in [3.63, 3.8) is 0 Å². The molecule has 1 atom stereocenters. The van der Waals surface area contributed by atoms with Crippen LogP contribution in [0.4, 0.5) is 0 Å². The third-order valence-electron chi connectivity index (χ3n) is 4.14. The Hall–Kier alpha value is -1.03. The predicted molar refractivity (Wildman–Crippen MR) is 84.7 cm³/mol. The molecule has 8 nitrogen and oxygen atoms in total. The zero-order chi connectivity index (χ0) is 17.0. The minimum Gasteiger partial charge on any atom is -0.375 e. The van der Waals surface area contributed by atoms with Gasteiger partial charge in [0.05, 0.1) is 6.04 Å². The lowest BCUT2D eigenvalue weighted by Gasteiger charge is -2.32. The van der Waals surface area contributed by atoms with Crippen LogP contribution in [0.2, 0.25) is 0 Å². The fourth-order valence-electron chi connectivity index (χ4n) is 2.63. The van der Waals surface area contributed by atoms with Crippen molar-refractivity contribution >= 4 is 10.2 Å². The summed E-state index contributed by atoms with van der Waals surface area (Å²) < 4.78 is 38.9. The standard InChI is InChI=1S/C14H26N4O4S/c1-11(2)17(3)23(19,20)18-9-7-5-6-8-12(18)14-15-13(10-21-4)22-16-14/h11-12H,5-10H2,1-4H3/t12-/m0/s1. The number of hydrogen-bond donors (Lipinski definition) is 0. The number of rotatable bonds is 6. The predicted octanol–water partition coefficient (Wildman–Crippen LogP) is 1.72. The molecular weight excluding hydrogens is 320 g/mol. The van der Waals surface area contributed by atoms with Crippen LogP contribution in [0, 0.1) is 0 Å². The first kappa shape index (κ1) is 18.3. The van der Waals surface area contributed by atoms with Crippen LogP contribution in [0.15, 0.2) is 4.52 Å². The highest BCUT2D eigenvalue weighted by molar-refractivity contribution is 7.86. The maximum Gasteiger partial charge on any atom is 0.282 e. The quantitative estimate of drug-likeness (QED) is 0.779. The van der Waals surface area contributed by atoms with E-state index in [-0.39, 0.29) is 12.6 Å². The highest BCUT2D eigenvalue weighted by Crippen LogP contribution is 2.32. The fourth-order valence-corrected chi connectivity index (χ4v) is 4.38. The molecule has 1 fully saturated rings. The SMILES string of the molecule is COCc1nc([C@@H]2CCCCCN2S(=O)(=O)N(C)C(C)C)no1. The van der Waals surface area contributed by atoms with Crippen LogP contribution in [0.25, 0.3) is 0 Å². The van der Waals surface area contributed by atoms with Gasteiger partial charge in [-0.2, -0.15) is 22.0 Å². The molecule has 1 aromatic heterocycles. The Morgan fingerprint density at radius 3 is 2.78 bits per heavy atom. The average molecular weight is 346 g/mol. The molecule has 9 heteroatoms. The number of nitrogens with zero attached hydrogens (tertiary/aromatic N) is 4. The van der Waals surface area contributed by atoms with Crippen molar-refractivity contribution in [1.82, 2.24) is 18.8 Å². The molecule has 2 rings (SSSR count). The van der Waals surface area contributed by atoms with E-state index in [0.29, 0.717) is 24.7 Å². The summed E-state index contributed by atoms with van der Waals surface area (Å²) in [4.78, 5) is 4.31. The molecule has 132 valence electrons. The molecule has 1 aliphatic rings. The number of ether oxygens (including phenoxy) is 1. The average Bonchev–Trinajstić information content (AvgIpc) is 2.81. The first-order chi connectivity index (χ1) is 10.9. The third-order valence-corrected chi connectivity index (χ3v) is 6.32. The second kappa shape index (κ2) is 7.69. The van der Waals surface area contributed by atoms with Gasteiger partial charge in [0, 0.05) is 26.7 Å². The lowest BCUT2D eigenvalue weighted by molar-refractivity contribution is 0.151. The van der Waals surface area contributed by atoms with E-state index in [2.05, 4.69) is 10.1 Å². The van der Waals surface area contributed by atoms with Crippen molar-refractivity contribution in [2.24, 2.45) is 0 Å². The summed E-state index contributed by atoms with van der Waals surface area (Å²) >= 11 is 0. The van der Waals surface area contributed by atoms with Crippen molar-refractivity contribution in [2.45, 2.75) is 58.2 Å². The van der Waals surface area contributed by atoms with E-state index in [1.54, 1.807) is 14.2 Å². The van der Waals surface area contributed by atoms with Gasteiger partial charge in [0.1, 0.15) is 6.61 Å². The molecule has 1 saturated heterocycles. The molecule has 0 aromatic carbocycles. The number of aromatic nitrogens is 2. The van der Waals surface area contributed by atoms with Gasteiger partial charge in [0.25, 0.3) is 16.1 Å². The van der Waals surface area contributed by atoms with Crippen LogP contribution in [0.3, 0.4) is 0 Å². The molecule has 0 saturated carbocycles. The first-order valence-electron chi connectivity index (χ1n) is 7.94. The molecule has 0 amide bonds. The van der Waals surface area contributed by atoms with Crippen molar-refractivity contribution in [3.05, 3.63) is 11.7 Å². The molecule has 1 aliphatic heterocycles. The van der Waals surface area contributed by atoms with E-state index >= 15 is 0 Å². The second-order valence-electron chi connectivity index (χ2n) is 6.07. The van der Waals surface area contributed by atoms with Crippen LogP contribution in [0.1, 0.15) is 57.3 Å². The van der Waals surface area contributed by atoms with Crippen LogP contribution in [-0.4, -0.2) is 53.9 Å². The molecule has 0 aliphatic carbocycles. The summed E-state index contributed by atoms with van der Waals surface area (Å²) in [6, 6.07) is -0.503. The second-order valence-corrected chi connectivity index (χ2v) is 8.01. The Morgan fingerprint density at radius 2 is 2.13 bits per heavy atom. The Balaban J connectivity index is 2.32. The molecule has 23 heavy (non-hydrogen) atoms. The monoisotopic (exact) mass is 346 g/mol. The van der Waals surface area contributed by atoms with Gasteiger partial charge in [-0.15, -0.1) is 0 Å². The van der Waals surface area contributed by atoms with E-state index in [1.165, 1.54) is 8.61 Å². The first-order valence-corrected chi connectivity index (χ1v) is 9.33. The Bertz CT molecular complexity index is 602. The van der Waals surface area contributed by atoms with E-state index < -0.39 is 16.3 Å². The summed E-state index contributed by atoms with van der Waals surface area (Å²) in [7, 11) is -0.420. The smallest absolute Gasteiger partial charge is 0.282 e. The lowest BCUT2D eigenvalue weighted by atomic mass is 10.1. The summed E-state index contributed by atoms with van der Waals surface area (Å²) in [5, 5.41) is 3.98. The molecule has 0 spiro atoms. The number of hydrogen-bond acceptors (Lipinski definition) is 6. The molecule has 2 heterocycles. The van der Waals surface area contributed by atoms with Gasteiger partial charge in [-0.1, -0.05) is 18.0 Å². The van der Waals surface area contributed by atoms with Crippen LogP contribution >= 0.6 is 0 Å². The van der Waals surface area contributed by atoms with E-state index in [9.17, 15) is 8.42 Å². The molecule has 0 bridgehead atoms. The summed E-state index contributed by atoms with van der Waals surface area (Å²) in [5.41, 5.74) is 0. The van der Waals surface area contributed by atoms with Gasteiger partial charge in [-0.05, 0) is 26.7 Å². The highest BCUT2D eigenvalue weighted by atomic mass is 32.2. The van der Waals surface area contributed by atoms with Crippen molar-refractivity contribution < 1.29 is 17.7 Å². The maximum atomic E-state index is 12.9. The lowest BCUT2D eigenvalue weighted by Crippen LogP contribution is -2.46. The van der Waals surface area contributed by atoms with Gasteiger partial charge in [0.15, 0.2) is 5.82 Å². The molecule has 0 unspecified atom stereocenters. The van der Waals surface area contributed by atoms with Crippen LogP contribution < -0.4 is 0 Å². The van der Waals surface area contributed by atoms with E-state index in [1.807, 2.05) is 13.8 Å². The summed E-state index contributed by atoms with van der Waals surface area (Å²) in [5.74, 6) is 0.779. The topological polar surface area (TPSA) is 88.8 Å². The van der Waals surface area contributed by atoms with E-state index in [4.69, 9.17) is 9.26 Å². The maximum absolute atomic E-state index is 12.9. The Kier molecular flexibility index (Phi) is 6.12. The highest BCUT2D eigenvalue weighted by Gasteiger charge is 2.38. The largest absolute Gasteiger partial charge is 0.375 e. The minimum absolute atomic E-state index is 0.113. The van der Waals surface area contributed by atoms with Gasteiger partial charge < -0.3 is 9.26 Å². The van der Waals surface area contributed by atoms with Crippen LogP contribution in [0.5, 0.6) is 0 Å². The Morgan fingerprint density at radius 1 is 1.39 bits per heavy atom. The molecule has 0 N–H and O–H groups in total. The van der Waals surface area contributed by atoms with Gasteiger partial charge in [-0.25, -0.2) is 0 Å². The van der Waals surface area contributed by atoms with E-state index in [0.717, 1.165) is 19.3 Å². The van der Waals surface area contributed by atoms with Crippen molar-refractivity contribution in [3.8, 4) is 0 Å². The summed E-state index contributed by atoms with van der Waals surface area (Å²) in [6.07, 6.45) is 3.47. The number of methoxy groups -OCH3 is 1. The summed E-state index contributed by atoms with van der Waals surface area (Å²) in [6.45, 7) is 4.40.